The van der Waals surface area contributed by atoms with Crippen LogP contribution in [0.25, 0.3) is 0 Å². The number of anilines is 1. The van der Waals surface area contributed by atoms with Crippen molar-refractivity contribution < 1.29 is 14.0 Å². The Labute approximate surface area is 144 Å². The van der Waals surface area contributed by atoms with Crippen LogP contribution in [0.3, 0.4) is 0 Å². The van der Waals surface area contributed by atoms with Crippen molar-refractivity contribution in [1.82, 2.24) is 5.32 Å². The Morgan fingerprint density at radius 2 is 2.04 bits per heavy atom. The van der Waals surface area contributed by atoms with Crippen molar-refractivity contribution in [1.29, 1.82) is 0 Å². The van der Waals surface area contributed by atoms with Crippen LogP contribution in [0.4, 0.5) is 5.69 Å². The molecule has 1 aromatic carbocycles. The Bertz CT molecular complexity index is 687. The fraction of sp³-hybridized carbons (Fsp3) is 0.250. The Balaban J connectivity index is 1.94. The minimum atomic E-state index is -0.201. The molecule has 122 valence electrons. The minimum absolute atomic E-state index is 0.152. The first-order chi connectivity index (χ1) is 11.0. The molecule has 7 heteroatoms. The lowest BCUT2D eigenvalue weighted by Gasteiger charge is -2.22. The van der Waals surface area contributed by atoms with Gasteiger partial charge in [-0.2, -0.15) is 0 Å². The molecule has 0 aliphatic carbocycles. The van der Waals surface area contributed by atoms with Gasteiger partial charge in [-0.15, -0.1) is 0 Å². The largest absolute Gasteiger partial charge is 0.467 e. The first-order valence-electron chi connectivity index (χ1n) is 6.99. The average molecular weight is 355 g/mol. The Morgan fingerprint density at radius 1 is 1.26 bits per heavy atom. The number of furan rings is 1. The summed E-state index contributed by atoms with van der Waals surface area (Å²) in [6.45, 7) is 1.96. The van der Waals surface area contributed by atoms with Gasteiger partial charge >= 0.3 is 0 Å². The maximum absolute atomic E-state index is 11.9. The van der Waals surface area contributed by atoms with E-state index >= 15 is 0 Å². The molecule has 0 radical (unpaired) electrons. The van der Waals surface area contributed by atoms with Crippen LogP contribution in [0.2, 0.25) is 10.0 Å². The SMILES string of the molecule is CC(=O)N(CCC(=O)NCc1ccco1)c1ccc(Cl)cc1Cl. The summed E-state index contributed by atoms with van der Waals surface area (Å²) in [4.78, 5) is 25.2. The fourth-order valence-corrected chi connectivity index (χ4v) is 2.56. The van der Waals surface area contributed by atoms with Crippen molar-refractivity contribution in [3.63, 3.8) is 0 Å². The number of rotatable bonds is 6. The van der Waals surface area contributed by atoms with Gasteiger partial charge in [0.15, 0.2) is 0 Å². The lowest BCUT2D eigenvalue weighted by atomic mass is 10.2. The fourth-order valence-electron chi connectivity index (χ4n) is 2.05. The van der Waals surface area contributed by atoms with Gasteiger partial charge in [0.1, 0.15) is 5.76 Å². The molecule has 0 atom stereocenters. The first-order valence-corrected chi connectivity index (χ1v) is 7.75. The number of carbonyl (C=O) groups excluding carboxylic acids is 2. The zero-order chi connectivity index (χ0) is 16.8. The quantitative estimate of drug-likeness (QED) is 0.861. The smallest absolute Gasteiger partial charge is 0.223 e. The molecule has 0 saturated heterocycles. The normalized spacial score (nSPS) is 10.4. The van der Waals surface area contributed by atoms with E-state index in [1.165, 1.54) is 11.8 Å². The van der Waals surface area contributed by atoms with Gasteiger partial charge in [-0.3, -0.25) is 9.59 Å². The van der Waals surface area contributed by atoms with E-state index in [1.807, 2.05) is 0 Å². The molecule has 0 fully saturated rings. The lowest BCUT2D eigenvalue weighted by Crippen LogP contribution is -2.33. The number of carbonyl (C=O) groups is 2. The molecule has 2 aromatic rings. The Morgan fingerprint density at radius 3 is 2.65 bits per heavy atom. The van der Waals surface area contributed by atoms with Crippen LogP contribution in [0.5, 0.6) is 0 Å². The molecule has 0 unspecified atom stereocenters. The number of hydrogen-bond donors (Lipinski definition) is 1. The van der Waals surface area contributed by atoms with Crippen molar-refractivity contribution in [2.45, 2.75) is 19.9 Å². The molecular formula is C16H16Cl2N2O3. The van der Waals surface area contributed by atoms with Crippen LogP contribution >= 0.6 is 23.2 Å². The van der Waals surface area contributed by atoms with Crippen molar-refractivity contribution in [3.8, 4) is 0 Å². The molecule has 1 N–H and O–H groups in total. The number of benzene rings is 1. The molecule has 5 nitrogen and oxygen atoms in total. The second kappa shape index (κ2) is 8.04. The van der Waals surface area contributed by atoms with E-state index in [9.17, 15) is 9.59 Å². The maximum atomic E-state index is 11.9. The van der Waals surface area contributed by atoms with E-state index in [0.29, 0.717) is 28.0 Å². The topological polar surface area (TPSA) is 62.6 Å². The molecule has 0 aliphatic rings. The highest BCUT2D eigenvalue weighted by molar-refractivity contribution is 6.36. The molecule has 23 heavy (non-hydrogen) atoms. The zero-order valence-corrected chi connectivity index (χ0v) is 14.0. The van der Waals surface area contributed by atoms with Gasteiger partial charge in [0.05, 0.1) is 23.5 Å². The van der Waals surface area contributed by atoms with E-state index in [0.717, 1.165) is 0 Å². The summed E-state index contributed by atoms with van der Waals surface area (Å²) in [6.07, 6.45) is 1.70. The van der Waals surface area contributed by atoms with E-state index in [4.69, 9.17) is 27.6 Å². The summed E-state index contributed by atoms with van der Waals surface area (Å²) in [5, 5.41) is 3.58. The molecule has 0 saturated carbocycles. The van der Waals surface area contributed by atoms with Gasteiger partial charge in [-0.05, 0) is 30.3 Å². The molecule has 2 rings (SSSR count). The minimum Gasteiger partial charge on any atom is -0.467 e. The van der Waals surface area contributed by atoms with E-state index < -0.39 is 0 Å². The molecule has 0 bridgehead atoms. The van der Waals surface area contributed by atoms with Crippen molar-refractivity contribution in [2.24, 2.45) is 0 Å². The Kier molecular flexibility index (Phi) is 6.07. The zero-order valence-electron chi connectivity index (χ0n) is 12.5. The van der Waals surface area contributed by atoms with Gasteiger partial charge in [-0.1, -0.05) is 23.2 Å². The highest BCUT2D eigenvalue weighted by atomic mass is 35.5. The van der Waals surface area contributed by atoms with Crippen molar-refractivity contribution >= 4 is 40.7 Å². The summed E-state index contributed by atoms with van der Waals surface area (Å²) >= 11 is 12.0. The summed E-state index contributed by atoms with van der Waals surface area (Å²) in [5.41, 5.74) is 0.530. The van der Waals surface area contributed by atoms with Gasteiger partial charge in [0, 0.05) is 24.9 Å². The molecular weight excluding hydrogens is 339 g/mol. The van der Waals surface area contributed by atoms with Crippen LogP contribution in [-0.2, 0) is 16.1 Å². The van der Waals surface area contributed by atoms with Crippen molar-refractivity contribution in [2.75, 3.05) is 11.4 Å². The summed E-state index contributed by atoms with van der Waals surface area (Å²) in [5.74, 6) is 0.285. The predicted molar refractivity (Wildman–Crippen MR) is 89.7 cm³/mol. The van der Waals surface area contributed by atoms with Gasteiger partial charge < -0.3 is 14.6 Å². The third-order valence-corrected chi connectivity index (χ3v) is 3.72. The van der Waals surface area contributed by atoms with Crippen LogP contribution in [0.15, 0.2) is 41.0 Å². The summed E-state index contributed by atoms with van der Waals surface area (Å²) in [6, 6.07) is 8.39. The molecule has 1 aromatic heterocycles. The Hall–Kier alpha value is -1.98. The number of nitrogens with zero attached hydrogens (tertiary/aromatic N) is 1. The van der Waals surface area contributed by atoms with Gasteiger partial charge in [-0.25, -0.2) is 0 Å². The maximum Gasteiger partial charge on any atom is 0.223 e. The average Bonchev–Trinajstić information content (AvgIpc) is 3.00. The lowest BCUT2D eigenvalue weighted by molar-refractivity contribution is -0.121. The predicted octanol–water partition coefficient (Wildman–Crippen LogP) is 3.65. The number of amides is 2. The molecule has 0 spiro atoms. The van der Waals surface area contributed by atoms with Crippen LogP contribution in [-0.4, -0.2) is 18.4 Å². The van der Waals surface area contributed by atoms with Crippen LogP contribution < -0.4 is 10.2 Å². The van der Waals surface area contributed by atoms with E-state index in [1.54, 1.807) is 36.6 Å². The number of hydrogen-bond acceptors (Lipinski definition) is 3. The van der Waals surface area contributed by atoms with Gasteiger partial charge in [0.2, 0.25) is 11.8 Å². The standard InChI is InChI=1S/C16H16Cl2N2O3/c1-11(21)20(15-5-4-12(17)9-14(15)18)7-6-16(22)19-10-13-3-2-8-23-13/h2-5,8-9H,6-7,10H2,1H3,(H,19,22). The molecule has 1 heterocycles. The number of nitrogens with one attached hydrogen (secondary N) is 1. The highest BCUT2D eigenvalue weighted by Gasteiger charge is 2.16. The van der Waals surface area contributed by atoms with E-state index in [2.05, 4.69) is 5.32 Å². The second-order valence-corrected chi connectivity index (χ2v) is 5.72. The first kappa shape index (κ1) is 17.4. The number of halogens is 2. The van der Waals surface area contributed by atoms with Crippen LogP contribution in [0, 0.1) is 0 Å². The summed E-state index contributed by atoms with van der Waals surface area (Å²) < 4.78 is 5.13. The molecule has 0 aliphatic heterocycles. The summed E-state index contributed by atoms with van der Waals surface area (Å²) in [7, 11) is 0. The highest BCUT2D eigenvalue weighted by Crippen LogP contribution is 2.29. The third kappa shape index (κ3) is 5.01. The van der Waals surface area contributed by atoms with Crippen LogP contribution in [0.1, 0.15) is 19.1 Å². The molecule has 2 amide bonds. The van der Waals surface area contributed by atoms with E-state index in [-0.39, 0.29) is 24.8 Å². The third-order valence-electron chi connectivity index (χ3n) is 3.18. The van der Waals surface area contributed by atoms with Gasteiger partial charge in [0.25, 0.3) is 0 Å². The second-order valence-electron chi connectivity index (χ2n) is 4.87. The monoisotopic (exact) mass is 354 g/mol. The van der Waals surface area contributed by atoms with Crippen molar-refractivity contribution in [3.05, 3.63) is 52.4 Å².